The molecule has 1 saturated carbocycles. The van der Waals surface area contributed by atoms with E-state index in [9.17, 15) is 0 Å². The first kappa shape index (κ1) is 8.28. The van der Waals surface area contributed by atoms with Gasteiger partial charge in [-0.05, 0) is 30.9 Å². The molecule has 1 heteroatoms. The van der Waals surface area contributed by atoms with Gasteiger partial charge in [0.1, 0.15) is 0 Å². The molecule has 0 heterocycles. The maximum Gasteiger partial charge on any atom is 0.0120 e. The molecule has 0 bridgehead atoms. The van der Waals surface area contributed by atoms with E-state index < -0.39 is 0 Å². The van der Waals surface area contributed by atoms with Crippen molar-refractivity contribution in [2.75, 3.05) is 0 Å². The van der Waals surface area contributed by atoms with E-state index in [0.29, 0.717) is 6.04 Å². The summed E-state index contributed by atoms with van der Waals surface area (Å²) in [5.41, 5.74) is 8.55. The molecule has 60 valence electrons. The summed E-state index contributed by atoms with van der Waals surface area (Å²) in [5, 5.41) is 0. The van der Waals surface area contributed by atoms with Crippen LogP contribution in [0.25, 0.3) is 0 Å². The highest BCUT2D eigenvalue weighted by Gasteiger charge is 2.18. The highest BCUT2D eigenvalue weighted by atomic mass is 14.6. The standard InChI is InChI=1S/C10H15N/c1-3-5-9-7-10(11)6-8(9)4-2/h3-5,10H,1,6-7,11H2,2H3/b8-4-,9-5-. The first-order chi connectivity index (χ1) is 5.27. The third kappa shape index (κ3) is 1.81. The predicted molar refractivity (Wildman–Crippen MR) is 49.2 cm³/mol. The summed E-state index contributed by atoms with van der Waals surface area (Å²) >= 11 is 0. The van der Waals surface area contributed by atoms with Gasteiger partial charge in [-0.1, -0.05) is 24.8 Å². The summed E-state index contributed by atoms with van der Waals surface area (Å²) in [4.78, 5) is 0. The SMILES string of the molecule is C=C/C=C1/CC(N)C/C1=C/C. The van der Waals surface area contributed by atoms with Crippen LogP contribution in [-0.2, 0) is 0 Å². The van der Waals surface area contributed by atoms with Crippen LogP contribution in [0.3, 0.4) is 0 Å². The molecule has 0 saturated heterocycles. The van der Waals surface area contributed by atoms with Gasteiger partial charge >= 0.3 is 0 Å². The van der Waals surface area contributed by atoms with Gasteiger partial charge in [-0.3, -0.25) is 0 Å². The molecular formula is C10H15N. The Morgan fingerprint density at radius 1 is 1.45 bits per heavy atom. The Labute approximate surface area is 68.3 Å². The van der Waals surface area contributed by atoms with E-state index in [4.69, 9.17) is 5.73 Å². The van der Waals surface area contributed by atoms with Crippen LogP contribution in [-0.4, -0.2) is 6.04 Å². The molecule has 0 aromatic heterocycles. The Hall–Kier alpha value is -0.820. The summed E-state index contributed by atoms with van der Waals surface area (Å²) in [6, 6.07) is 0.326. The molecule has 1 fully saturated rings. The predicted octanol–water partition coefficient (Wildman–Crippen LogP) is 2.17. The first-order valence-electron chi connectivity index (χ1n) is 4.00. The van der Waals surface area contributed by atoms with Crippen LogP contribution >= 0.6 is 0 Å². The largest absolute Gasteiger partial charge is 0.327 e. The minimum Gasteiger partial charge on any atom is -0.327 e. The maximum atomic E-state index is 5.81. The fourth-order valence-corrected chi connectivity index (χ4v) is 1.52. The Balaban J connectivity index is 2.81. The molecular weight excluding hydrogens is 134 g/mol. The van der Waals surface area contributed by atoms with Gasteiger partial charge in [0.2, 0.25) is 0 Å². The molecule has 11 heavy (non-hydrogen) atoms. The summed E-state index contributed by atoms with van der Waals surface area (Å²) in [6.45, 7) is 5.73. The van der Waals surface area contributed by atoms with Gasteiger partial charge in [0.05, 0.1) is 0 Å². The van der Waals surface area contributed by atoms with Crippen molar-refractivity contribution in [3.8, 4) is 0 Å². The molecule has 1 unspecified atom stereocenters. The third-order valence-electron chi connectivity index (χ3n) is 2.04. The third-order valence-corrected chi connectivity index (χ3v) is 2.04. The topological polar surface area (TPSA) is 26.0 Å². The molecule has 0 aromatic rings. The molecule has 0 aliphatic heterocycles. The fraction of sp³-hybridized carbons (Fsp3) is 0.400. The second-order valence-corrected chi connectivity index (χ2v) is 2.91. The number of hydrogen-bond acceptors (Lipinski definition) is 1. The van der Waals surface area contributed by atoms with Gasteiger partial charge in [-0.2, -0.15) is 0 Å². The zero-order valence-electron chi connectivity index (χ0n) is 7.01. The minimum atomic E-state index is 0.326. The van der Waals surface area contributed by atoms with Crippen molar-refractivity contribution in [2.24, 2.45) is 5.73 Å². The summed E-state index contributed by atoms with van der Waals surface area (Å²) < 4.78 is 0. The van der Waals surface area contributed by atoms with E-state index >= 15 is 0 Å². The lowest BCUT2D eigenvalue weighted by Gasteiger charge is -1.95. The normalized spacial score (nSPS) is 31.6. The molecule has 2 N–H and O–H groups in total. The van der Waals surface area contributed by atoms with E-state index in [2.05, 4.69) is 25.7 Å². The van der Waals surface area contributed by atoms with Crippen LogP contribution in [0.4, 0.5) is 0 Å². The average Bonchev–Trinajstić information content (AvgIpc) is 2.32. The van der Waals surface area contributed by atoms with E-state index in [1.165, 1.54) is 11.1 Å². The molecule has 1 aliphatic carbocycles. The van der Waals surface area contributed by atoms with Crippen molar-refractivity contribution in [3.05, 3.63) is 36.0 Å². The van der Waals surface area contributed by atoms with E-state index in [-0.39, 0.29) is 0 Å². The van der Waals surface area contributed by atoms with Gasteiger partial charge < -0.3 is 5.73 Å². The fourth-order valence-electron chi connectivity index (χ4n) is 1.52. The monoisotopic (exact) mass is 149 g/mol. The van der Waals surface area contributed by atoms with Gasteiger partial charge in [-0.25, -0.2) is 0 Å². The molecule has 1 atom stereocenters. The Morgan fingerprint density at radius 2 is 2.09 bits per heavy atom. The summed E-state index contributed by atoms with van der Waals surface area (Å²) in [5.74, 6) is 0. The number of allylic oxidation sites excluding steroid dienone is 3. The minimum absolute atomic E-state index is 0.326. The van der Waals surface area contributed by atoms with Crippen LogP contribution < -0.4 is 5.73 Å². The van der Waals surface area contributed by atoms with Gasteiger partial charge in [-0.15, -0.1) is 0 Å². The van der Waals surface area contributed by atoms with Crippen molar-refractivity contribution in [2.45, 2.75) is 25.8 Å². The highest BCUT2D eigenvalue weighted by Crippen LogP contribution is 2.29. The van der Waals surface area contributed by atoms with Gasteiger partial charge in [0.15, 0.2) is 0 Å². The van der Waals surface area contributed by atoms with Crippen LogP contribution in [0.1, 0.15) is 19.8 Å². The maximum absolute atomic E-state index is 5.81. The Morgan fingerprint density at radius 3 is 2.64 bits per heavy atom. The lowest BCUT2D eigenvalue weighted by atomic mass is 10.1. The quantitative estimate of drug-likeness (QED) is 0.607. The number of hydrogen-bond donors (Lipinski definition) is 1. The molecule has 0 aromatic carbocycles. The van der Waals surface area contributed by atoms with Gasteiger partial charge in [0, 0.05) is 6.04 Å². The van der Waals surface area contributed by atoms with E-state index in [0.717, 1.165) is 12.8 Å². The van der Waals surface area contributed by atoms with Crippen LogP contribution in [0.5, 0.6) is 0 Å². The first-order valence-corrected chi connectivity index (χ1v) is 4.00. The van der Waals surface area contributed by atoms with Crippen LogP contribution in [0, 0.1) is 0 Å². The molecule has 1 nitrogen and oxygen atoms in total. The van der Waals surface area contributed by atoms with Crippen molar-refractivity contribution >= 4 is 0 Å². The van der Waals surface area contributed by atoms with Crippen molar-refractivity contribution < 1.29 is 0 Å². The zero-order chi connectivity index (χ0) is 8.27. The molecule has 1 aliphatic rings. The Kier molecular flexibility index (Phi) is 2.66. The average molecular weight is 149 g/mol. The second kappa shape index (κ2) is 3.54. The smallest absolute Gasteiger partial charge is 0.0120 e. The van der Waals surface area contributed by atoms with E-state index in [1.807, 2.05) is 6.08 Å². The van der Waals surface area contributed by atoms with Crippen molar-refractivity contribution in [1.82, 2.24) is 0 Å². The molecule has 0 amide bonds. The Bertz CT molecular complexity index is 211. The van der Waals surface area contributed by atoms with Crippen LogP contribution in [0.15, 0.2) is 36.0 Å². The molecule has 1 rings (SSSR count). The summed E-state index contributed by atoms with van der Waals surface area (Å²) in [7, 11) is 0. The van der Waals surface area contributed by atoms with E-state index in [1.54, 1.807) is 0 Å². The summed E-state index contributed by atoms with van der Waals surface area (Å²) in [6.07, 6.45) is 8.06. The van der Waals surface area contributed by atoms with Crippen molar-refractivity contribution in [1.29, 1.82) is 0 Å². The molecule has 0 radical (unpaired) electrons. The highest BCUT2D eigenvalue weighted by molar-refractivity contribution is 5.38. The van der Waals surface area contributed by atoms with Gasteiger partial charge in [0.25, 0.3) is 0 Å². The van der Waals surface area contributed by atoms with Crippen LogP contribution in [0.2, 0.25) is 0 Å². The zero-order valence-corrected chi connectivity index (χ0v) is 7.01. The molecule has 0 spiro atoms. The van der Waals surface area contributed by atoms with Crippen molar-refractivity contribution in [3.63, 3.8) is 0 Å². The number of nitrogens with two attached hydrogens (primary N) is 1. The second-order valence-electron chi connectivity index (χ2n) is 2.91. The lowest BCUT2D eigenvalue weighted by molar-refractivity contribution is 0.735. The lowest BCUT2D eigenvalue weighted by Crippen LogP contribution is -2.13. The number of rotatable bonds is 1.